The van der Waals surface area contributed by atoms with E-state index in [1.807, 2.05) is 25.7 Å². The zero-order chi connectivity index (χ0) is 18.7. The second-order valence-electron chi connectivity index (χ2n) is 10.3. The van der Waals surface area contributed by atoms with E-state index in [1.165, 1.54) is 0 Å². The van der Waals surface area contributed by atoms with E-state index in [0.717, 1.165) is 38.8 Å². The van der Waals surface area contributed by atoms with E-state index in [9.17, 15) is 4.79 Å². The Morgan fingerprint density at radius 2 is 1.52 bits per heavy atom. The SMILES string of the molecule is CC(C)(C)OC(=O)N1CC2(CCC(B3OC(C)(C)C(C)(C)O3)CC2)C1. The summed E-state index contributed by atoms with van der Waals surface area (Å²) in [4.78, 5) is 14.0. The Morgan fingerprint density at radius 1 is 1.04 bits per heavy atom. The first-order valence-electron chi connectivity index (χ1n) is 9.66. The van der Waals surface area contributed by atoms with Gasteiger partial charge in [-0.1, -0.05) is 12.8 Å². The van der Waals surface area contributed by atoms with Crippen LogP contribution in [0.5, 0.6) is 0 Å². The van der Waals surface area contributed by atoms with E-state index < -0.39 is 5.60 Å². The van der Waals surface area contributed by atoms with E-state index >= 15 is 0 Å². The van der Waals surface area contributed by atoms with Crippen LogP contribution in [0.3, 0.4) is 0 Å². The predicted molar refractivity (Wildman–Crippen MR) is 98.5 cm³/mol. The first-order valence-corrected chi connectivity index (χ1v) is 9.66. The van der Waals surface area contributed by atoms with Crippen molar-refractivity contribution in [1.82, 2.24) is 4.90 Å². The topological polar surface area (TPSA) is 48.0 Å². The Balaban J connectivity index is 1.49. The summed E-state index contributed by atoms with van der Waals surface area (Å²) in [6, 6.07) is 0. The van der Waals surface area contributed by atoms with Crippen molar-refractivity contribution in [3.05, 3.63) is 0 Å². The van der Waals surface area contributed by atoms with E-state index in [1.54, 1.807) is 0 Å². The molecule has 3 aliphatic rings. The average molecular weight is 351 g/mol. The molecule has 6 heteroatoms. The largest absolute Gasteiger partial charge is 0.461 e. The maximum Gasteiger partial charge on any atom is 0.461 e. The summed E-state index contributed by atoms with van der Waals surface area (Å²) in [5.41, 5.74) is -0.640. The molecule has 3 fully saturated rings. The molecule has 0 aromatic rings. The van der Waals surface area contributed by atoms with Crippen LogP contribution in [-0.4, -0.2) is 48.0 Å². The minimum absolute atomic E-state index is 0.0932. The third-order valence-electron chi connectivity index (χ3n) is 6.45. The molecule has 1 aliphatic carbocycles. The number of hydrogen-bond donors (Lipinski definition) is 0. The monoisotopic (exact) mass is 351 g/mol. The Morgan fingerprint density at radius 3 is 1.96 bits per heavy atom. The molecule has 1 amide bonds. The molecular formula is C19H34BNO4. The van der Waals surface area contributed by atoms with Gasteiger partial charge in [-0.05, 0) is 67.1 Å². The number of amides is 1. The van der Waals surface area contributed by atoms with Crippen LogP contribution >= 0.6 is 0 Å². The van der Waals surface area contributed by atoms with Gasteiger partial charge in [0.05, 0.1) is 11.2 Å². The van der Waals surface area contributed by atoms with E-state index in [-0.39, 0.29) is 29.8 Å². The van der Waals surface area contributed by atoms with E-state index in [4.69, 9.17) is 14.0 Å². The second-order valence-corrected chi connectivity index (χ2v) is 10.3. The molecule has 0 aromatic heterocycles. The van der Waals surface area contributed by atoms with Crippen molar-refractivity contribution in [2.45, 2.75) is 96.8 Å². The number of carbonyl (C=O) groups is 1. The summed E-state index contributed by atoms with van der Waals surface area (Å²) < 4.78 is 17.9. The van der Waals surface area contributed by atoms with Gasteiger partial charge in [-0.3, -0.25) is 0 Å². The lowest BCUT2D eigenvalue weighted by atomic mass is 9.57. The molecule has 25 heavy (non-hydrogen) atoms. The molecule has 0 unspecified atom stereocenters. The summed E-state index contributed by atoms with van der Waals surface area (Å²) >= 11 is 0. The standard InChI is InChI=1S/C19H34BNO4/c1-16(2,3)23-15(22)21-12-19(13-21)10-8-14(9-11-19)20-24-17(4,5)18(6,7)25-20/h14H,8-13H2,1-7H3. The highest BCUT2D eigenvalue weighted by Gasteiger charge is 2.56. The van der Waals surface area contributed by atoms with Crippen molar-refractivity contribution >= 4 is 13.2 Å². The van der Waals surface area contributed by atoms with E-state index in [0.29, 0.717) is 5.82 Å². The minimum atomic E-state index is -0.422. The number of nitrogens with zero attached hydrogens (tertiary/aromatic N) is 1. The molecule has 0 aromatic carbocycles. The Kier molecular flexibility index (Phi) is 4.48. The summed E-state index contributed by atoms with van der Waals surface area (Å²) in [6.45, 7) is 15.9. The van der Waals surface area contributed by atoms with Crippen LogP contribution in [-0.2, 0) is 14.0 Å². The molecule has 0 bridgehead atoms. The zero-order valence-electron chi connectivity index (χ0n) is 17.0. The maximum atomic E-state index is 12.1. The van der Waals surface area contributed by atoms with Crippen molar-refractivity contribution in [3.63, 3.8) is 0 Å². The molecule has 0 N–H and O–H groups in total. The van der Waals surface area contributed by atoms with Crippen molar-refractivity contribution in [3.8, 4) is 0 Å². The third-order valence-corrected chi connectivity index (χ3v) is 6.45. The van der Waals surface area contributed by atoms with Gasteiger partial charge in [0.25, 0.3) is 0 Å². The molecule has 2 heterocycles. The molecule has 2 saturated heterocycles. The van der Waals surface area contributed by atoms with Gasteiger partial charge in [0.1, 0.15) is 5.60 Å². The van der Waals surface area contributed by atoms with Crippen molar-refractivity contribution in [2.75, 3.05) is 13.1 Å². The molecule has 1 spiro atoms. The zero-order valence-corrected chi connectivity index (χ0v) is 17.0. The van der Waals surface area contributed by atoms with Crippen LogP contribution in [0.1, 0.15) is 74.1 Å². The van der Waals surface area contributed by atoms with Gasteiger partial charge >= 0.3 is 13.2 Å². The highest BCUT2D eigenvalue weighted by molar-refractivity contribution is 6.47. The lowest BCUT2D eigenvalue weighted by molar-refractivity contribution is -0.0495. The third kappa shape index (κ3) is 3.70. The molecule has 5 nitrogen and oxygen atoms in total. The van der Waals surface area contributed by atoms with Gasteiger partial charge in [-0.25, -0.2) is 4.79 Å². The van der Waals surface area contributed by atoms with Crippen LogP contribution in [0.15, 0.2) is 0 Å². The molecule has 3 rings (SSSR count). The number of hydrogen-bond acceptors (Lipinski definition) is 4. The number of ether oxygens (including phenoxy) is 1. The van der Waals surface area contributed by atoms with Crippen LogP contribution in [0.25, 0.3) is 0 Å². The lowest BCUT2D eigenvalue weighted by Crippen LogP contribution is -2.60. The molecule has 142 valence electrons. The van der Waals surface area contributed by atoms with E-state index in [2.05, 4.69) is 27.7 Å². The van der Waals surface area contributed by atoms with Gasteiger partial charge in [0.15, 0.2) is 0 Å². The van der Waals surface area contributed by atoms with Crippen molar-refractivity contribution < 1.29 is 18.8 Å². The molecule has 0 atom stereocenters. The Hall–Kier alpha value is -0.745. The highest BCUT2D eigenvalue weighted by Crippen LogP contribution is 2.51. The first kappa shape index (κ1) is 19.0. The molecule has 2 aliphatic heterocycles. The summed E-state index contributed by atoms with van der Waals surface area (Å²) in [5, 5.41) is 0. The van der Waals surface area contributed by atoms with Crippen LogP contribution in [0, 0.1) is 5.41 Å². The van der Waals surface area contributed by atoms with Crippen molar-refractivity contribution in [2.24, 2.45) is 5.41 Å². The second kappa shape index (κ2) is 5.88. The smallest absolute Gasteiger partial charge is 0.444 e. The fourth-order valence-electron chi connectivity index (χ4n) is 4.14. The molecule has 0 radical (unpaired) electrons. The quantitative estimate of drug-likeness (QED) is 0.663. The first-order chi connectivity index (χ1) is 11.3. The van der Waals surface area contributed by atoms with Gasteiger partial charge in [-0.15, -0.1) is 0 Å². The normalized spacial score (nSPS) is 28.1. The van der Waals surface area contributed by atoms with Gasteiger partial charge in [0, 0.05) is 18.5 Å². The number of likely N-dealkylation sites (tertiary alicyclic amines) is 1. The molecule has 1 saturated carbocycles. The van der Waals surface area contributed by atoms with Gasteiger partial charge < -0.3 is 18.9 Å². The van der Waals surface area contributed by atoms with Crippen LogP contribution in [0.4, 0.5) is 4.79 Å². The number of carbonyl (C=O) groups excluding carboxylic acids is 1. The van der Waals surface area contributed by atoms with Crippen LogP contribution < -0.4 is 0 Å². The Bertz CT molecular complexity index is 508. The van der Waals surface area contributed by atoms with Gasteiger partial charge in [0.2, 0.25) is 0 Å². The highest BCUT2D eigenvalue weighted by atomic mass is 16.7. The molecular weight excluding hydrogens is 317 g/mol. The number of rotatable bonds is 1. The minimum Gasteiger partial charge on any atom is -0.444 e. The van der Waals surface area contributed by atoms with Crippen LogP contribution in [0.2, 0.25) is 5.82 Å². The van der Waals surface area contributed by atoms with Gasteiger partial charge in [-0.2, -0.15) is 0 Å². The Labute approximate surface area is 152 Å². The predicted octanol–water partition coefficient (Wildman–Crippen LogP) is 4.26. The fourth-order valence-corrected chi connectivity index (χ4v) is 4.14. The average Bonchev–Trinajstić information content (AvgIpc) is 2.63. The maximum absolute atomic E-state index is 12.1. The van der Waals surface area contributed by atoms with Crippen molar-refractivity contribution in [1.29, 1.82) is 0 Å². The summed E-state index contributed by atoms with van der Waals surface area (Å²) in [5.74, 6) is 0.460. The summed E-state index contributed by atoms with van der Waals surface area (Å²) in [7, 11) is -0.0932. The summed E-state index contributed by atoms with van der Waals surface area (Å²) in [6.07, 6.45) is 4.33. The lowest BCUT2D eigenvalue weighted by Gasteiger charge is -2.53. The fraction of sp³-hybridized carbons (Fsp3) is 0.947.